The van der Waals surface area contributed by atoms with Crippen LogP contribution in [-0.2, 0) is 4.74 Å². The average molecular weight is 233 g/mol. The number of aliphatic hydroxyl groups is 1. The van der Waals surface area contributed by atoms with Crippen molar-refractivity contribution in [1.29, 1.82) is 0 Å². The van der Waals surface area contributed by atoms with Crippen LogP contribution in [0.15, 0.2) is 0 Å². The maximum absolute atomic E-state index is 9.21. The zero-order valence-electron chi connectivity index (χ0n) is 9.90. The fourth-order valence-electron chi connectivity index (χ4n) is 1.80. The first-order chi connectivity index (χ1) is 7.13. The van der Waals surface area contributed by atoms with E-state index in [0.717, 1.165) is 18.8 Å². The van der Waals surface area contributed by atoms with Crippen LogP contribution in [0.5, 0.6) is 0 Å². The van der Waals surface area contributed by atoms with E-state index in [1.165, 1.54) is 0 Å². The Balaban J connectivity index is 2.21. The number of thioether (sulfide) groups is 1. The SMILES string of the molecule is CC(C)NC(CO)CSC1CCOC1C. The quantitative estimate of drug-likeness (QED) is 0.724. The van der Waals surface area contributed by atoms with Crippen molar-refractivity contribution in [3.8, 4) is 0 Å². The van der Waals surface area contributed by atoms with Crippen LogP contribution in [0.3, 0.4) is 0 Å². The van der Waals surface area contributed by atoms with Gasteiger partial charge in [-0.25, -0.2) is 0 Å². The lowest BCUT2D eigenvalue weighted by molar-refractivity contribution is 0.127. The molecule has 1 fully saturated rings. The first-order valence-corrected chi connectivity index (χ1v) is 6.78. The van der Waals surface area contributed by atoms with Gasteiger partial charge >= 0.3 is 0 Å². The summed E-state index contributed by atoms with van der Waals surface area (Å²) in [6.07, 6.45) is 1.51. The molecule has 3 unspecified atom stereocenters. The van der Waals surface area contributed by atoms with Gasteiger partial charge in [-0.15, -0.1) is 0 Å². The fraction of sp³-hybridized carbons (Fsp3) is 1.00. The van der Waals surface area contributed by atoms with Crippen LogP contribution in [0, 0.1) is 0 Å². The predicted octanol–water partition coefficient (Wildman–Crippen LogP) is 1.26. The summed E-state index contributed by atoms with van der Waals surface area (Å²) in [5.41, 5.74) is 0. The molecule has 90 valence electrons. The lowest BCUT2D eigenvalue weighted by atomic mass is 10.2. The minimum absolute atomic E-state index is 0.211. The molecule has 15 heavy (non-hydrogen) atoms. The standard InChI is InChI=1S/C11H23NO2S/c1-8(2)12-10(6-13)7-15-11-4-5-14-9(11)3/h8-13H,4-7H2,1-3H3. The Morgan fingerprint density at radius 3 is 2.73 bits per heavy atom. The van der Waals surface area contributed by atoms with Gasteiger partial charge in [-0.3, -0.25) is 0 Å². The van der Waals surface area contributed by atoms with Gasteiger partial charge in [0.15, 0.2) is 0 Å². The third-order valence-electron chi connectivity index (χ3n) is 2.61. The molecule has 1 rings (SSSR count). The topological polar surface area (TPSA) is 41.5 Å². The van der Waals surface area contributed by atoms with Gasteiger partial charge in [0, 0.05) is 29.7 Å². The second kappa shape index (κ2) is 6.74. The molecule has 1 heterocycles. The zero-order chi connectivity index (χ0) is 11.3. The van der Waals surface area contributed by atoms with Crippen molar-refractivity contribution in [2.45, 2.75) is 50.6 Å². The summed E-state index contributed by atoms with van der Waals surface area (Å²) in [5, 5.41) is 13.2. The Hall–Kier alpha value is 0.230. The van der Waals surface area contributed by atoms with E-state index in [0.29, 0.717) is 17.4 Å². The van der Waals surface area contributed by atoms with Gasteiger partial charge in [0.05, 0.1) is 12.7 Å². The van der Waals surface area contributed by atoms with E-state index in [9.17, 15) is 5.11 Å². The van der Waals surface area contributed by atoms with E-state index in [1.54, 1.807) is 0 Å². The van der Waals surface area contributed by atoms with Gasteiger partial charge in [-0.1, -0.05) is 13.8 Å². The molecule has 0 radical (unpaired) electrons. The second-order valence-corrected chi connectivity index (χ2v) is 5.71. The second-order valence-electron chi connectivity index (χ2n) is 4.44. The molecule has 1 saturated heterocycles. The highest BCUT2D eigenvalue weighted by Crippen LogP contribution is 2.26. The van der Waals surface area contributed by atoms with Crippen LogP contribution in [0.25, 0.3) is 0 Å². The third-order valence-corrected chi connectivity index (χ3v) is 4.25. The van der Waals surface area contributed by atoms with E-state index in [1.807, 2.05) is 11.8 Å². The minimum atomic E-state index is 0.211. The molecule has 1 aliphatic heterocycles. The summed E-state index contributed by atoms with van der Waals surface area (Å²) >= 11 is 1.92. The van der Waals surface area contributed by atoms with Crippen molar-refractivity contribution in [3.63, 3.8) is 0 Å². The molecule has 0 bridgehead atoms. The first kappa shape index (κ1) is 13.3. The van der Waals surface area contributed by atoms with Crippen molar-refractivity contribution >= 4 is 11.8 Å². The van der Waals surface area contributed by atoms with Crippen LogP contribution in [0.1, 0.15) is 27.2 Å². The summed E-state index contributed by atoms with van der Waals surface area (Å²) in [6.45, 7) is 7.45. The van der Waals surface area contributed by atoms with E-state index >= 15 is 0 Å². The average Bonchev–Trinajstić information content (AvgIpc) is 2.58. The van der Waals surface area contributed by atoms with E-state index < -0.39 is 0 Å². The minimum Gasteiger partial charge on any atom is -0.395 e. The Bertz CT molecular complexity index is 178. The number of rotatable bonds is 6. The predicted molar refractivity (Wildman–Crippen MR) is 65.4 cm³/mol. The highest BCUT2D eigenvalue weighted by atomic mass is 32.2. The Morgan fingerprint density at radius 1 is 1.53 bits per heavy atom. The van der Waals surface area contributed by atoms with Gasteiger partial charge in [0.1, 0.15) is 0 Å². The molecule has 0 aromatic heterocycles. The number of aliphatic hydroxyl groups excluding tert-OH is 1. The molecule has 3 atom stereocenters. The molecule has 0 aromatic carbocycles. The molecule has 0 amide bonds. The smallest absolute Gasteiger partial charge is 0.0666 e. The van der Waals surface area contributed by atoms with Gasteiger partial charge < -0.3 is 15.2 Å². The van der Waals surface area contributed by atoms with E-state index in [2.05, 4.69) is 26.1 Å². The molecular formula is C11H23NO2S. The van der Waals surface area contributed by atoms with Crippen molar-refractivity contribution in [2.24, 2.45) is 0 Å². The molecule has 0 aromatic rings. The Kier molecular flexibility index (Phi) is 5.97. The van der Waals surface area contributed by atoms with Crippen molar-refractivity contribution in [2.75, 3.05) is 19.0 Å². The van der Waals surface area contributed by atoms with Crippen LogP contribution in [0.2, 0.25) is 0 Å². The number of ether oxygens (including phenoxy) is 1. The van der Waals surface area contributed by atoms with E-state index in [4.69, 9.17) is 4.74 Å². The normalized spacial score (nSPS) is 28.6. The zero-order valence-corrected chi connectivity index (χ0v) is 10.7. The monoisotopic (exact) mass is 233 g/mol. The molecule has 0 saturated carbocycles. The summed E-state index contributed by atoms with van der Waals surface area (Å²) < 4.78 is 5.51. The summed E-state index contributed by atoms with van der Waals surface area (Å²) in [7, 11) is 0. The summed E-state index contributed by atoms with van der Waals surface area (Å²) in [4.78, 5) is 0. The highest BCUT2D eigenvalue weighted by molar-refractivity contribution is 8.00. The number of hydrogen-bond acceptors (Lipinski definition) is 4. The lowest BCUT2D eigenvalue weighted by Gasteiger charge is -2.21. The highest BCUT2D eigenvalue weighted by Gasteiger charge is 2.25. The first-order valence-electron chi connectivity index (χ1n) is 5.73. The van der Waals surface area contributed by atoms with Crippen molar-refractivity contribution in [3.05, 3.63) is 0 Å². The summed E-state index contributed by atoms with van der Waals surface area (Å²) in [5.74, 6) is 0.965. The van der Waals surface area contributed by atoms with Gasteiger partial charge in [0.2, 0.25) is 0 Å². The van der Waals surface area contributed by atoms with Crippen LogP contribution in [-0.4, -0.2) is 47.5 Å². The molecule has 0 spiro atoms. The van der Waals surface area contributed by atoms with Crippen LogP contribution in [0.4, 0.5) is 0 Å². The number of hydrogen-bond donors (Lipinski definition) is 2. The Morgan fingerprint density at radius 2 is 2.27 bits per heavy atom. The molecule has 1 aliphatic rings. The van der Waals surface area contributed by atoms with Crippen LogP contribution < -0.4 is 5.32 Å². The summed E-state index contributed by atoms with van der Waals surface area (Å²) in [6, 6.07) is 0.641. The van der Waals surface area contributed by atoms with Gasteiger partial charge in [-0.2, -0.15) is 11.8 Å². The molecule has 4 heteroatoms. The van der Waals surface area contributed by atoms with E-state index in [-0.39, 0.29) is 12.6 Å². The lowest BCUT2D eigenvalue weighted by Crippen LogP contribution is -2.39. The number of nitrogens with one attached hydrogen (secondary N) is 1. The maximum Gasteiger partial charge on any atom is 0.0666 e. The largest absolute Gasteiger partial charge is 0.395 e. The van der Waals surface area contributed by atoms with Gasteiger partial charge in [0.25, 0.3) is 0 Å². The fourth-order valence-corrected chi connectivity index (χ4v) is 3.09. The Labute approximate surface area is 97.0 Å². The molecule has 0 aliphatic carbocycles. The molecule has 3 nitrogen and oxygen atoms in total. The molecule has 2 N–H and O–H groups in total. The van der Waals surface area contributed by atoms with Gasteiger partial charge in [-0.05, 0) is 13.3 Å². The third kappa shape index (κ3) is 4.72. The van der Waals surface area contributed by atoms with Crippen molar-refractivity contribution < 1.29 is 9.84 Å². The van der Waals surface area contributed by atoms with Crippen molar-refractivity contribution in [1.82, 2.24) is 5.32 Å². The van der Waals surface area contributed by atoms with Crippen LogP contribution >= 0.6 is 11.8 Å². The molecular weight excluding hydrogens is 210 g/mol. The maximum atomic E-state index is 9.21.